The summed E-state index contributed by atoms with van der Waals surface area (Å²) in [5, 5.41) is 19.5. The maximum atomic E-state index is 11.2. The summed E-state index contributed by atoms with van der Waals surface area (Å²) in [5.41, 5.74) is -0.400. The molecule has 2 rings (SSSR count). The van der Waals surface area contributed by atoms with E-state index >= 15 is 0 Å². The molecule has 26 heavy (non-hydrogen) atoms. The molecule has 2 aromatic carbocycles. The summed E-state index contributed by atoms with van der Waals surface area (Å²) in [7, 11) is -10.1. The van der Waals surface area contributed by atoms with Crippen LogP contribution in [0.3, 0.4) is 0 Å². The molecular weight excluding hydrogens is 442 g/mol. The molecule has 2 N–H and O–H groups in total. The Morgan fingerprint density at radius 2 is 1.08 bits per heavy atom. The molecule has 0 unspecified atom stereocenters. The summed E-state index contributed by atoms with van der Waals surface area (Å²) in [6.45, 7) is 0. The van der Waals surface area contributed by atoms with E-state index < -0.39 is 47.9 Å². The number of benzene rings is 2. The van der Waals surface area contributed by atoms with Crippen molar-refractivity contribution in [3.8, 4) is 11.5 Å². The molecule has 0 saturated heterocycles. The second-order valence-electron chi connectivity index (χ2n) is 4.91. The standard InChI is InChI=1S/C13H10Cl2O8S2.Na/c14-8-2-6(12(16)10(4-8)24(18,19)20)1-7-3-9(15)5-11(13(7)17)25(21,22)23;/h2-5,16-17H,1H2,(H,18,19,20)(H,21,22,23);/q;+1/p-2. The van der Waals surface area contributed by atoms with Crippen LogP contribution >= 0.6 is 23.2 Å². The van der Waals surface area contributed by atoms with Gasteiger partial charge in [-0.2, -0.15) is 0 Å². The zero-order valence-corrected chi connectivity index (χ0v) is 18.1. The van der Waals surface area contributed by atoms with Gasteiger partial charge in [0.2, 0.25) is 0 Å². The quantitative estimate of drug-likeness (QED) is 0.435. The largest absolute Gasteiger partial charge is 1.00 e. The minimum absolute atomic E-state index is 0. The number of aromatic hydroxyl groups is 2. The summed E-state index contributed by atoms with van der Waals surface area (Å²) >= 11 is 11.4. The van der Waals surface area contributed by atoms with Crippen LogP contribution in [0.1, 0.15) is 11.1 Å². The molecule has 2 aromatic rings. The Hall–Kier alpha value is -0.560. The molecule has 0 atom stereocenters. The molecule has 0 aromatic heterocycles. The maximum absolute atomic E-state index is 11.2. The van der Waals surface area contributed by atoms with Crippen molar-refractivity contribution in [2.45, 2.75) is 16.2 Å². The molecule has 0 aliphatic carbocycles. The van der Waals surface area contributed by atoms with Crippen LogP contribution in [-0.4, -0.2) is 36.2 Å². The molecule has 0 aliphatic heterocycles. The van der Waals surface area contributed by atoms with Gasteiger partial charge in [0.05, 0.1) is 9.79 Å². The van der Waals surface area contributed by atoms with Gasteiger partial charge in [-0.25, -0.2) is 16.8 Å². The number of hydrogen-bond donors (Lipinski definition) is 2. The van der Waals surface area contributed by atoms with Crippen molar-refractivity contribution >= 4 is 43.4 Å². The summed E-state index contributed by atoms with van der Waals surface area (Å²) in [6, 6.07) is 3.71. The van der Waals surface area contributed by atoms with Crippen LogP contribution in [0.15, 0.2) is 34.1 Å². The van der Waals surface area contributed by atoms with Crippen molar-refractivity contribution in [3.05, 3.63) is 45.4 Å². The Bertz CT molecular complexity index is 983. The number of hydrogen-bond acceptors (Lipinski definition) is 8. The minimum Gasteiger partial charge on any atom is -0.744 e. The van der Waals surface area contributed by atoms with E-state index in [2.05, 4.69) is 0 Å². The first-order valence-corrected chi connectivity index (χ1v) is 9.82. The van der Waals surface area contributed by atoms with Gasteiger partial charge < -0.3 is 19.3 Å². The molecule has 0 fully saturated rings. The zero-order chi connectivity index (χ0) is 19.2. The van der Waals surface area contributed by atoms with Gasteiger partial charge in [0.25, 0.3) is 0 Å². The molecule has 136 valence electrons. The molecule has 13 heteroatoms. The Kier molecular flexibility index (Phi) is 7.41. The average Bonchev–Trinajstić information content (AvgIpc) is 2.43. The van der Waals surface area contributed by atoms with Crippen molar-refractivity contribution in [3.63, 3.8) is 0 Å². The molecule has 0 heterocycles. The van der Waals surface area contributed by atoms with Gasteiger partial charge in [0.15, 0.2) is 0 Å². The molecule has 0 aliphatic rings. The van der Waals surface area contributed by atoms with Gasteiger partial charge in [-0.3, -0.25) is 0 Å². The van der Waals surface area contributed by atoms with Crippen molar-refractivity contribution in [2.75, 3.05) is 0 Å². The molecule has 8 nitrogen and oxygen atoms in total. The number of rotatable bonds is 4. The monoisotopic (exact) mass is 449 g/mol. The smallest absolute Gasteiger partial charge is 0.744 e. The fourth-order valence-corrected chi connectivity index (χ4v) is 4.00. The molecule has 0 spiro atoms. The number of phenols is 2. The van der Waals surface area contributed by atoms with Gasteiger partial charge in [0, 0.05) is 27.6 Å². The number of phenolic OH excluding ortho intramolecular Hbond substituents is 2. The van der Waals surface area contributed by atoms with Crippen LogP contribution in [0.25, 0.3) is 0 Å². The van der Waals surface area contributed by atoms with E-state index in [0.29, 0.717) is 0 Å². The summed E-state index contributed by atoms with van der Waals surface area (Å²) in [6.07, 6.45) is -0.455. The van der Waals surface area contributed by atoms with Crippen LogP contribution in [0.4, 0.5) is 0 Å². The first-order valence-electron chi connectivity index (χ1n) is 6.25. The third-order valence-corrected chi connectivity index (χ3v) is 5.29. The molecule has 0 bridgehead atoms. The van der Waals surface area contributed by atoms with Gasteiger partial charge in [-0.15, -0.1) is 0 Å². The van der Waals surface area contributed by atoms with Crippen LogP contribution < -0.4 is 29.6 Å². The Morgan fingerprint density at radius 3 is 1.35 bits per heavy atom. The first kappa shape index (κ1) is 23.5. The van der Waals surface area contributed by atoms with E-state index in [1.165, 1.54) is 0 Å². The van der Waals surface area contributed by atoms with Crippen molar-refractivity contribution in [2.24, 2.45) is 0 Å². The normalized spacial score (nSPS) is 11.8. The topological polar surface area (TPSA) is 155 Å². The van der Waals surface area contributed by atoms with E-state index in [0.717, 1.165) is 24.3 Å². The number of halogens is 2. The van der Waals surface area contributed by atoms with Gasteiger partial charge in [0.1, 0.15) is 31.7 Å². The van der Waals surface area contributed by atoms with E-state index in [1.807, 2.05) is 0 Å². The summed E-state index contributed by atoms with van der Waals surface area (Å²) in [4.78, 5) is -1.96. The molecular formula is C13H8Cl2NaO8S2-. The van der Waals surface area contributed by atoms with Gasteiger partial charge >= 0.3 is 29.6 Å². The predicted molar refractivity (Wildman–Crippen MR) is 85.0 cm³/mol. The fraction of sp³-hybridized carbons (Fsp3) is 0.0769. The van der Waals surface area contributed by atoms with Crippen LogP contribution in [0, 0.1) is 0 Å². The fourth-order valence-electron chi connectivity index (χ4n) is 2.11. The first-order chi connectivity index (χ1) is 11.3. The van der Waals surface area contributed by atoms with E-state index in [4.69, 9.17) is 23.2 Å². The molecule has 0 saturated carbocycles. The van der Waals surface area contributed by atoms with Crippen LogP contribution in [-0.2, 0) is 26.7 Å². The summed E-state index contributed by atoms with van der Waals surface area (Å²) in [5.74, 6) is -1.82. The molecule has 0 radical (unpaired) electrons. The van der Waals surface area contributed by atoms with Crippen molar-refractivity contribution < 1.29 is 65.7 Å². The van der Waals surface area contributed by atoms with Crippen molar-refractivity contribution in [1.82, 2.24) is 0 Å². The SMILES string of the molecule is O=S(=O)([O-])c1cc(Cl)cc(Cc2cc(Cl)cc(S(=O)(=O)[O-])c2O)c1O.[Na+]. The zero-order valence-electron chi connectivity index (χ0n) is 12.9. The summed E-state index contributed by atoms with van der Waals surface area (Å²) < 4.78 is 66.9. The van der Waals surface area contributed by atoms with Crippen molar-refractivity contribution in [1.29, 1.82) is 0 Å². The third kappa shape index (κ3) is 5.24. The van der Waals surface area contributed by atoms with Crippen LogP contribution in [0.5, 0.6) is 11.5 Å². The molecule has 0 amide bonds. The van der Waals surface area contributed by atoms with Crippen LogP contribution in [0.2, 0.25) is 10.0 Å². The van der Waals surface area contributed by atoms with E-state index in [1.54, 1.807) is 0 Å². The Morgan fingerprint density at radius 1 is 0.769 bits per heavy atom. The van der Waals surface area contributed by atoms with Gasteiger partial charge in [-0.05, 0) is 24.3 Å². The maximum Gasteiger partial charge on any atom is 1.00 e. The second kappa shape index (κ2) is 8.21. The minimum atomic E-state index is -5.04. The average molecular weight is 450 g/mol. The predicted octanol–water partition coefficient (Wildman–Crippen LogP) is -1.19. The Balaban J connectivity index is 0.00000338. The van der Waals surface area contributed by atoms with E-state index in [9.17, 15) is 36.2 Å². The second-order valence-corrected chi connectivity index (χ2v) is 8.48. The van der Waals surface area contributed by atoms with Gasteiger partial charge in [-0.1, -0.05) is 23.2 Å². The third-order valence-electron chi connectivity index (χ3n) is 3.16. The Labute approximate surface area is 181 Å². The van der Waals surface area contributed by atoms with E-state index in [-0.39, 0.29) is 50.7 Å².